The first kappa shape index (κ1) is 12.2. The third kappa shape index (κ3) is 3.32. The van der Waals surface area contributed by atoms with Gasteiger partial charge in [-0.15, -0.1) is 0 Å². The lowest BCUT2D eigenvalue weighted by Crippen LogP contribution is -2.04. The quantitative estimate of drug-likeness (QED) is 0.854. The zero-order chi connectivity index (χ0) is 11.3. The lowest BCUT2D eigenvalue weighted by atomic mass is 10.0. The summed E-state index contributed by atoms with van der Waals surface area (Å²) < 4.78 is 5.43. The first-order valence-corrected chi connectivity index (χ1v) is 5.42. The van der Waals surface area contributed by atoms with Crippen molar-refractivity contribution in [2.75, 3.05) is 7.11 Å². The van der Waals surface area contributed by atoms with Crippen LogP contribution in [0.3, 0.4) is 0 Å². The maximum atomic E-state index is 11.0. The van der Waals surface area contributed by atoms with Gasteiger partial charge < -0.3 is 9.84 Å². The first-order valence-electron chi connectivity index (χ1n) is 4.63. The highest BCUT2D eigenvalue weighted by Gasteiger charge is 2.07. The van der Waals surface area contributed by atoms with Gasteiger partial charge >= 0.3 is 5.97 Å². The van der Waals surface area contributed by atoms with Gasteiger partial charge in [-0.1, -0.05) is 28.1 Å². The molecule has 1 rings (SSSR count). The van der Waals surface area contributed by atoms with Gasteiger partial charge in [0.05, 0.1) is 13.7 Å². The number of hydrogen-bond acceptors (Lipinski definition) is 3. The van der Waals surface area contributed by atoms with E-state index in [9.17, 15) is 9.90 Å². The molecule has 0 aromatic heterocycles. The number of aliphatic hydroxyl groups is 1. The molecule has 82 valence electrons. The van der Waals surface area contributed by atoms with E-state index in [1.807, 2.05) is 18.2 Å². The molecule has 0 saturated heterocycles. The summed E-state index contributed by atoms with van der Waals surface area (Å²) in [6.07, 6.45) is 0.919. The average Bonchev–Trinajstić information content (AvgIpc) is 2.25. The van der Waals surface area contributed by atoms with E-state index in [2.05, 4.69) is 20.7 Å². The normalized spacial score (nSPS) is 10.1. The molecule has 0 heterocycles. The Morgan fingerprint density at radius 3 is 2.87 bits per heavy atom. The average molecular weight is 273 g/mol. The van der Waals surface area contributed by atoms with Gasteiger partial charge in [-0.3, -0.25) is 4.79 Å². The van der Waals surface area contributed by atoms with Crippen molar-refractivity contribution in [1.82, 2.24) is 0 Å². The van der Waals surface area contributed by atoms with Crippen molar-refractivity contribution in [3.05, 3.63) is 33.8 Å². The molecule has 0 aliphatic heterocycles. The lowest BCUT2D eigenvalue weighted by molar-refractivity contribution is -0.140. The molecule has 0 bridgehead atoms. The van der Waals surface area contributed by atoms with Crippen LogP contribution in [-0.4, -0.2) is 18.2 Å². The summed E-state index contributed by atoms with van der Waals surface area (Å²) in [5.74, 6) is -0.237. The number of methoxy groups -OCH3 is 1. The van der Waals surface area contributed by atoms with E-state index in [1.165, 1.54) is 7.11 Å². The molecule has 3 nitrogen and oxygen atoms in total. The summed E-state index contributed by atoms with van der Waals surface area (Å²) in [4.78, 5) is 11.0. The molecule has 0 unspecified atom stereocenters. The summed E-state index contributed by atoms with van der Waals surface area (Å²) in [7, 11) is 1.37. The molecule has 0 fully saturated rings. The van der Waals surface area contributed by atoms with Gasteiger partial charge in [-0.2, -0.15) is 0 Å². The number of halogens is 1. The number of benzene rings is 1. The number of carbonyl (C=O) groups is 1. The van der Waals surface area contributed by atoms with Crippen molar-refractivity contribution < 1.29 is 14.6 Å². The fraction of sp³-hybridized carbons (Fsp3) is 0.364. The van der Waals surface area contributed by atoms with Crippen LogP contribution in [0.1, 0.15) is 17.5 Å². The monoisotopic (exact) mass is 272 g/mol. The van der Waals surface area contributed by atoms with E-state index in [0.29, 0.717) is 12.8 Å². The van der Waals surface area contributed by atoms with Gasteiger partial charge in [0.1, 0.15) is 0 Å². The minimum Gasteiger partial charge on any atom is -0.469 e. The summed E-state index contributed by atoms with van der Waals surface area (Å²) >= 11 is 3.36. The molecule has 0 spiro atoms. The van der Waals surface area contributed by atoms with Crippen molar-refractivity contribution >= 4 is 21.9 Å². The van der Waals surface area contributed by atoms with E-state index in [1.54, 1.807) is 0 Å². The topological polar surface area (TPSA) is 46.5 Å². The van der Waals surface area contributed by atoms with Crippen LogP contribution < -0.4 is 0 Å². The molecule has 0 aliphatic rings. The number of esters is 1. The Balaban J connectivity index is 2.76. The fourth-order valence-corrected chi connectivity index (χ4v) is 1.89. The molecule has 1 aromatic rings. The molecule has 4 heteroatoms. The molecule has 15 heavy (non-hydrogen) atoms. The molecular formula is C11H13BrO3. The zero-order valence-corrected chi connectivity index (χ0v) is 10.1. The van der Waals surface area contributed by atoms with E-state index in [-0.39, 0.29) is 12.6 Å². The number of carbonyl (C=O) groups excluding carboxylic acids is 1. The molecule has 0 atom stereocenters. The van der Waals surface area contributed by atoms with E-state index < -0.39 is 0 Å². The van der Waals surface area contributed by atoms with Crippen LogP contribution in [0.15, 0.2) is 22.7 Å². The van der Waals surface area contributed by atoms with Gasteiger partial charge in [0, 0.05) is 10.9 Å². The Kier molecular flexibility index (Phi) is 4.78. The summed E-state index contributed by atoms with van der Waals surface area (Å²) in [6, 6.07) is 5.66. The number of rotatable bonds is 4. The largest absolute Gasteiger partial charge is 0.469 e. The summed E-state index contributed by atoms with van der Waals surface area (Å²) in [5, 5.41) is 9.18. The standard InChI is InChI=1S/C11H13BrO3/c1-15-11(14)6-5-8-3-2-4-10(12)9(8)7-13/h2-4,13H,5-7H2,1H3. The highest BCUT2D eigenvalue weighted by molar-refractivity contribution is 9.10. The van der Waals surface area contributed by atoms with Crippen LogP contribution in [-0.2, 0) is 22.6 Å². The second-order valence-electron chi connectivity index (χ2n) is 3.11. The number of hydrogen-bond donors (Lipinski definition) is 1. The molecule has 0 aliphatic carbocycles. The Morgan fingerprint density at radius 2 is 2.27 bits per heavy atom. The van der Waals surface area contributed by atoms with E-state index in [0.717, 1.165) is 15.6 Å². The lowest BCUT2D eigenvalue weighted by Gasteiger charge is -2.08. The van der Waals surface area contributed by atoms with Crippen LogP contribution in [0.25, 0.3) is 0 Å². The highest BCUT2D eigenvalue weighted by Crippen LogP contribution is 2.21. The Bertz CT molecular complexity index is 350. The van der Waals surface area contributed by atoms with Crippen molar-refractivity contribution in [2.45, 2.75) is 19.4 Å². The minimum atomic E-state index is -0.237. The number of aryl methyl sites for hydroxylation is 1. The third-order valence-corrected chi connectivity index (χ3v) is 2.94. The maximum absolute atomic E-state index is 11.0. The number of ether oxygens (including phenoxy) is 1. The van der Waals surface area contributed by atoms with Crippen molar-refractivity contribution in [1.29, 1.82) is 0 Å². The van der Waals surface area contributed by atoms with Gasteiger partial charge in [0.25, 0.3) is 0 Å². The molecule has 1 N–H and O–H groups in total. The molecule has 0 saturated carbocycles. The summed E-state index contributed by atoms with van der Waals surface area (Å²) in [6.45, 7) is -0.0298. The third-order valence-electron chi connectivity index (χ3n) is 2.20. The maximum Gasteiger partial charge on any atom is 0.305 e. The van der Waals surface area contributed by atoms with Crippen molar-refractivity contribution in [2.24, 2.45) is 0 Å². The van der Waals surface area contributed by atoms with Gasteiger partial charge in [-0.05, 0) is 23.6 Å². The van der Waals surface area contributed by atoms with Crippen LogP contribution in [0.5, 0.6) is 0 Å². The minimum absolute atomic E-state index is 0.0298. The van der Waals surface area contributed by atoms with E-state index in [4.69, 9.17) is 0 Å². The number of aliphatic hydroxyl groups excluding tert-OH is 1. The Labute approximate surface area is 97.2 Å². The fourth-order valence-electron chi connectivity index (χ4n) is 1.35. The van der Waals surface area contributed by atoms with Crippen LogP contribution >= 0.6 is 15.9 Å². The Morgan fingerprint density at radius 1 is 1.53 bits per heavy atom. The van der Waals surface area contributed by atoms with Crippen LogP contribution in [0.4, 0.5) is 0 Å². The van der Waals surface area contributed by atoms with Crippen LogP contribution in [0, 0.1) is 0 Å². The predicted octanol–water partition coefficient (Wildman–Crippen LogP) is 2.05. The first-order chi connectivity index (χ1) is 7.19. The van der Waals surface area contributed by atoms with Crippen molar-refractivity contribution in [3.8, 4) is 0 Å². The predicted molar refractivity (Wildman–Crippen MR) is 60.4 cm³/mol. The Hall–Kier alpha value is -0.870. The second kappa shape index (κ2) is 5.88. The zero-order valence-electron chi connectivity index (χ0n) is 8.50. The summed E-state index contributed by atoms with van der Waals surface area (Å²) in [5.41, 5.74) is 1.80. The van der Waals surface area contributed by atoms with Gasteiger partial charge in [-0.25, -0.2) is 0 Å². The second-order valence-corrected chi connectivity index (χ2v) is 3.97. The van der Waals surface area contributed by atoms with E-state index >= 15 is 0 Å². The highest BCUT2D eigenvalue weighted by atomic mass is 79.9. The smallest absolute Gasteiger partial charge is 0.305 e. The molecular weight excluding hydrogens is 260 g/mol. The molecule has 0 radical (unpaired) electrons. The van der Waals surface area contributed by atoms with Crippen LogP contribution in [0.2, 0.25) is 0 Å². The molecule has 0 amide bonds. The molecule has 1 aromatic carbocycles. The van der Waals surface area contributed by atoms with Gasteiger partial charge in [0.2, 0.25) is 0 Å². The van der Waals surface area contributed by atoms with Crippen molar-refractivity contribution in [3.63, 3.8) is 0 Å². The van der Waals surface area contributed by atoms with Gasteiger partial charge in [0.15, 0.2) is 0 Å². The SMILES string of the molecule is COC(=O)CCc1cccc(Br)c1CO.